The van der Waals surface area contributed by atoms with E-state index in [1.807, 2.05) is 13.0 Å². The van der Waals surface area contributed by atoms with Crippen LogP contribution in [0.15, 0.2) is 40.3 Å². The highest BCUT2D eigenvalue weighted by atomic mass is 32.2. The zero-order valence-corrected chi connectivity index (χ0v) is 11.3. The van der Waals surface area contributed by atoms with Crippen LogP contribution in [-0.2, 0) is 0 Å². The van der Waals surface area contributed by atoms with Crippen LogP contribution in [-0.4, -0.2) is 16.5 Å². The van der Waals surface area contributed by atoms with Crippen molar-refractivity contribution in [1.29, 1.82) is 0 Å². The molecule has 0 aliphatic carbocycles. The molecule has 2 aromatic rings. The van der Waals surface area contributed by atoms with Crippen molar-refractivity contribution in [2.45, 2.75) is 23.8 Å². The van der Waals surface area contributed by atoms with E-state index in [9.17, 15) is 0 Å². The van der Waals surface area contributed by atoms with Gasteiger partial charge < -0.3 is 11.1 Å². The molecule has 0 saturated heterocycles. The van der Waals surface area contributed by atoms with Crippen molar-refractivity contribution in [3.05, 3.63) is 35.9 Å². The largest absolute Gasteiger partial charge is 0.370 e. The maximum Gasteiger partial charge on any atom is 0.223 e. The predicted octanol–water partition coefficient (Wildman–Crippen LogP) is 2.95. The Morgan fingerprint density at radius 3 is 2.61 bits per heavy atom. The van der Waals surface area contributed by atoms with Gasteiger partial charge in [-0.05, 0) is 26.0 Å². The molecule has 1 heterocycles. The number of aromatic nitrogens is 2. The molecule has 0 spiro atoms. The second kappa shape index (κ2) is 5.73. The lowest BCUT2D eigenvalue weighted by Crippen LogP contribution is -2.03. The van der Waals surface area contributed by atoms with Crippen LogP contribution in [0.3, 0.4) is 0 Å². The topological polar surface area (TPSA) is 63.8 Å². The number of nitrogens with one attached hydrogen (secondary N) is 1. The van der Waals surface area contributed by atoms with Crippen LogP contribution in [0.5, 0.6) is 0 Å². The molecule has 0 radical (unpaired) electrons. The number of anilines is 2. The molecular formula is C13H16N4S. The van der Waals surface area contributed by atoms with Crippen LogP contribution in [0.4, 0.5) is 11.8 Å². The van der Waals surface area contributed by atoms with E-state index in [-0.39, 0.29) is 0 Å². The van der Waals surface area contributed by atoms with Crippen molar-refractivity contribution >= 4 is 23.5 Å². The molecule has 0 atom stereocenters. The summed E-state index contributed by atoms with van der Waals surface area (Å²) in [5.74, 6) is 1.06. The molecule has 1 aromatic carbocycles. The molecular weight excluding hydrogens is 244 g/mol. The average molecular weight is 260 g/mol. The number of rotatable bonds is 4. The molecule has 4 nitrogen and oxygen atoms in total. The molecule has 3 N–H and O–H groups in total. The molecule has 1 aromatic heterocycles. The minimum absolute atomic E-state index is 0.295. The van der Waals surface area contributed by atoms with Crippen LogP contribution in [0.25, 0.3) is 0 Å². The van der Waals surface area contributed by atoms with Gasteiger partial charge in [0.05, 0.1) is 0 Å². The molecule has 5 heteroatoms. The summed E-state index contributed by atoms with van der Waals surface area (Å²) < 4.78 is 0. The summed E-state index contributed by atoms with van der Waals surface area (Å²) >= 11 is 1.58. The third kappa shape index (κ3) is 3.37. The molecule has 0 fully saturated rings. The monoisotopic (exact) mass is 260 g/mol. The third-order valence-electron chi connectivity index (χ3n) is 2.32. The van der Waals surface area contributed by atoms with E-state index in [4.69, 9.17) is 5.73 Å². The van der Waals surface area contributed by atoms with Gasteiger partial charge in [-0.25, -0.2) is 4.98 Å². The van der Waals surface area contributed by atoms with Crippen molar-refractivity contribution < 1.29 is 0 Å². The van der Waals surface area contributed by atoms with Crippen LogP contribution in [0.1, 0.15) is 12.5 Å². The van der Waals surface area contributed by atoms with E-state index in [2.05, 4.69) is 46.5 Å². The molecule has 2 rings (SSSR count). The van der Waals surface area contributed by atoms with Crippen LogP contribution >= 0.6 is 11.8 Å². The van der Waals surface area contributed by atoms with E-state index in [0.717, 1.165) is 22.3 Å². The van der Waals surface area contributed by atoms with Gasteiger partial charge in [0.1, 0.15) is 10.8 Å². The van der Waals surface area contributed by atoms with Crippen molar-refractivity contribution in [3.63, 3.8) is 0 Å². The highest BCUT2D eigenvalue weighted by molar-refractivity contribution is 7.99. The minimum Gasteiger partial charge on any atom is -0.370 e. The number of nitrogens with two attached hydrogens (primary N) is 1. The van der Waals surface area contributed by atoms with Crippen LogP contribution in [0, 0.1) is 6.92 Å². The van der Waals surface area contributed by atoms with E-state index in [1.54, 1.807) is 11.8 Å². The van der Waals surface area contributed by atoms with Crippen molar-refractivity contribution in [2.24, 2.45) is 0 Å². The molecule has 0 aliphatic rings. The normalized spacial score (nSPS) is 10.3. The quantitative estimate of drug-likeness (QED) is 0.827. The van der Waals surface area contributed by atoms with Gasteiger partial charge in [-0.3, -0.25) is 0 Å². The summed E-state index contributed by atoms with van der Waals surface area (Å²) in [5, 5.41) is 3.99. The molecule has 94 valence electrons. The number of nitrogens with zero attached hydrogens (tertiary/aromatic N) is 2. The van der Waals surface area contributed by atoms with Gasteiger partial charge in [0.15, 0.2) is 0 Å². The zero-order valence-electron chi connectivity index (χ0n) is 10.5. The zero-order chi connectivity index (χ0) is 13.0. The Labute approximate surface area is 111 Å². The van der Waals surface area contributed by atoms with Crippen molar-refractivity contribution in [1.82, 2.24) is 9.97 Å². The van der Waals surface area contributed by atoms with E-state index in [1.165, 1.54) is 5.56 Å². The summed E-state index contributed by atoms with van der Waals surface area (Å²) in [6.45, 7) is 4.90. The number of hydrogen-bond acceptors (Lipinski definition) is 5. The summed E-state index contributed by atoms with van der Waals surface area (Å²) in [5.41, 5.74) is 6.94. The lowest BCUT2D eigenvalue weighted by atomic mass is 10.2. The molecule has 18 heavy (non-hydrogen) atoms. The summed E-state index contributed by atoms with van der Waals surface area (Å²) in [4.78, 5) is 9.48. The highest BCUT2D eigenvalue weighted by Crippen LogP contribution is 2.27. The van der Waals surface area contributed by atoms with Gasteiger partial charge >= 0.3 is 0 Å². The van der Waals surface area contributed by atoms with Crippen molar-refractivity contribution in [3.8, 4) is 0 Å². The van der Waals surface area contributed by atoms with Gasteiger partial charge in [-0.1, -0.05) is 29.5 Å². The first-order chi connectivity index (χ1) is 8.67. The van der Waals surface area contributed by atoms with Gasteiger partial charge in [0.25, 0.3) is 0 Å². The first kappa shape index (κ1) is 12.7. The Morgan fingerprint density at radius 1 is 1.22 bits per heavy atom. The number of benzene rings is 1. The molecule has 0 amide bonds. The first-order valence-electron chi connectivity index (χ1n) is 5.80. The SMILES string of the molecule is CCNc1cc(Sc2ccc(C)cc2)nc(N)n1. The highest BCUT2D eigenvalue weighted by Gasteiger charge is 2.03. The Bertz CT molecular complexity index is 525. The number of aryl methyl sites for hydroxylation is 1. The fourth-order valence-electron chi connectivity index (χ4n) is 1.49. The Kier molecular flexibility index (Phi) is 4.04. The summed E-state index contributed by atoms with van der Waals surface area (Å²) in [6.07, 6.45) is 0. The molecule has 0 bridgehead atoms. The minimum atomic E-state index is 0.295. The predicted molar refractivity (Wildman–Crippen MR) is 75.9 cm³/mol. The standard InChI is InChI=1S/C13H16N4S/c1-3-15-11-8-12(17-13(14)16-11)18-10-6-4-9(2)5-7-10/h4-8H,3H2,1-2H3,(H3,14,15,16,17). The van der Waals surface area contributed by atoms with Gasteiger partial charge in [0.2, 0.25) is 5.95 Å². The first-order valence-corrected chi connectivity index (χ1v) is 6.62. The lowest BCUT2D eigenvalue weighted by molar-refractivity contribution is 1.04. The molecule has 0 aliphatic heterocycles. The Hall–Kier alpha value is -1.75. The van der Waals surface area contributed by atoms with E-state index in [0.29, 0.717) is 5.95 Å². The van der Waals surface area contributed by atoms with E-state index < -0.39 is 0 Å². The molecule has 0 unspecified atom stereocenters. The lowest BCUT2D eigenvalue weighted by Gasteiger charge is -2.06. The van der Waals surface area contributed by atoms with E-state index >= 15 is 0 Å². The smallest absolute Gasteiger partial charge is 0.223 e. The average Bonchev–Trinajstić information content (AvgIpc) is 2.32. The fourth-order valence-corrected chi connectivity index (χ4v) is 2.32. The second-order valence-electron chi connectivity index (χ2n) is 3.90. The number of hydrogen-bond donors (Lipinski definition) is 2. The van der Waals surface area contributed by atoms with Gasteiger partial charge in [-0.2, -0.15) is 4.98 Å². The Morgan fingerprint density at radius 2 is 1.94 bits per heavy atom. The third-order valence-corrected chi connectivity index (χ3v) is 3.25. The number of nitrogen functional groups attached to an aromatic ring is 1. The van der Waals surface area contributed by atoms with Gasteiger partial charge in [0, 0.05) is 17.5 Å². The molecule has 0 saturated carbocycles. The summed E-state index contributed by atoms with van der Waals surface area (Å²) in [6, 6.07) is 10.2. The second-order valence-corrected chi connectivity index (χ2v) is 4.99. The summed E-state index contributed by atoms with van der Waals surface area (Å²) in [7, 11) is 0. The maximum atomic E-state index is 5.69. The van der Waals surface area contributed by atoms with Crippen LogP contribution < -0.4 is 11.1 Å². The van der Waals surface area contributed by atoms with Gasteiger partial charge in [-0.15, -0.1) is 0 Å². The maximum absolute atomic E-state index is 5.69. The fraction of sp³-hybridized carbons (Fsp3) is 0.231. The van der Waals surface area contributed by atoms with Crippen molar-refractivity contribution in [2.75, 3.05) is 17.6 Å². The van der Waals surface area contributed by atoms with Crippen LogP contribution in [0.2, 0.25) is 0 Å². The Balaban J connectivity index is 2.20.